The zero-order chi connectivity index (χ0) is 94.9. The van der Waals surface area contributed by atoms with Crippen LogP contribution >= 0.6 is 11.6 Å². The molecule has 3 amide bonds. The van der Waals surface area contributed by atoms with Crippen LogP contribution in [0.25, 0.3) is 11.0 Å². The molecule has 12 saturated heterocycles. The van der Waals surface area contributed by atoms with E-state index in [0.717, 1.165) is 288 Å². The van der Waals surface area contributed by atoms with Gasteiger partial charge in [0.2, 0.25) is 17.7 Å². The summed E-state index contributed by atoms with van der Waals surface area (Å²) >= 11 is 5.95. The number of allylic oxidation sites excluding steroid dienone is 1. The van der Waals surface area contributed by atoms with Gasteiger partial charge >= 0.3 is 23.6 Å². The molecule has 2 aromatic carbocycles. The van der Waals surface area contributed by atoms with E-state index in [-0.39, 0.29) is 35.9 Å². The maximum Gasteiger partial charge on any atom is 0.326 e. The third kappa shape index (κ3) is 30.9. The van der Waals surface area contributed by atoms with Gasteiger partial charge in [-0.2, -0.15) is 5.10 Å². The highest BCUT2D eigenvalue weighted by atomic mass is 35.5. The molecule has 14 aliphatic rings. The summed E-state index contributed by atoms with van der Waals surface area (Å²) in [4.78, 5) is 112. The number of benzene rings is 2. The van der Waals surface area contributed by atoms with Crippen molar-refractivity contribution in [2.75, 3.05) is 226 Å². The Morgan fingerprint density at radius 2 is 0.992 bits per heavy atom. The summed E-state index contributed by atoms with van der Waals surface area (Å²) in [6.45, 7) is 31.6. The van der Waals surface area contributed by atoms with E-state index in [2.05, 4.69) is 171 Å². The molecule has 132 heavy (non-hydrogen) atoms. The number of aliphatic hydroxyl groups is 1. The molecule has 17 heterocycles. The lowest BCUT2D eigenvalue weighted by Crippen LogP contribution is -2.54. The molecule has 12 fully saturated rings. The number of halogens is 1. The summed E-state index contributed by atoms with van der Waals surface area (Å²) in [5.41, 5.74) is 11.5. The van der Waals surface area contributed by atoms with Gasteiger partial charge in [0.1, 0.15) is 23.2 Å². The number of carbonyl (C=O) groups excluding carboxylic acids is 3. The van der Waals surface area contributed by atoms with E-state index in [1.807, 2.05) is 78.8 Å². The Morgan fingerprint density at radius 1 is 0.523 bits per heavy atom. The Kier molecular flexibility index (Phi) is 42.0. The number of para-hydroxylation sites is 1. The number of nitrogens with one attached hydrogen (secondary N) is 3. The molecule has 3 aromatic heterocycles. The molecule has 0 radical (unpaired) electrons. The van der Waals surface area contributed by atoms with E-state index in [1.54, 1.807) is 0 Å². The SMILES string of the molecule is C.C=C(O)C1CCN(C)CC1.CN1CCC(CC(=O)O)CC1.CN1CCC(N)(C(=O)O)CC1.CN1CCC(N2C(=O)Cc3ccccc32)CC1.CN1CCC(N2CCC[C@H]2C(=O)O)CC1.CN1CCC(n2c(=O)[nH]c3cc(Cl)ccc32)CC1.CN1CCC2(CC1)CCN(C)C2=O.CN1CCC2(CCNC2=O)CC1.CN1CCc2[nH]ncc2C1.Cc1nnc(C)n1C1CCN(C)CC1. The van der Waals surface area contributed by atoms with Crippen LogP contribution in [0.5, 0.6) is 0 Å². The van der Waals surface area contributed by atoms with Crippen molar-refractivity contribution in [1.29, 1.82) is 0 Å². The second-order valence-corrected chi connectivity index (χ2v) is 40.7. The lowest BCUT2D eigenvalue weighted by atomic mass is 9.77. The van der Waals surface area contributed by atoms with E-state index < -0.39 is 23.4 Å². The first-order valence-corrected chi connectivity index (χ1v) is 49.0. The van der Waals surface area contributed by atoms with Gasteiger partial charge in [-0.1, -0.05) is 43.8 Å². The highest BCUT2D eigenvalue weighted by Crippen LogP contribution is 2.42. The minimum atomic E-state index is -0.966. The number of hydrogen-bond acceptors (Lipinski definition) is 23. The summed E-state index contributed by atoms with van der Waals surface area (Å²) in [6.07, 6.45) is 26.5. The molecule has 5 aromatic rings. The van der Waals surface area contributed by atoms with Gasteiger partial charge in [-0.3, -0.25) is 43.3 Å². The number of aliphatic hydroxyl groups excluding tert-OH is 1. The van der Waals surface area contributed by atoms with Crippen molar-refractivity contribution in [3.8, 4) is 0 Å². The van der Waals surface area contributed by atoms with Crippen LogP contribution in [0.3, 0.4) is 0 Å². The maximum atomic E-state index is 12.1. The van der Waals surface area contributed by atoms with Crippen molar-refractivity contribution in [2.24, 2.45) is 28.4 Å². The molecule has 1 atom stereocenters. The predicted octanol–water partition coefficient (Wildman–Crippen LogP) is 9.22. The normalized spacial score (nSPS) is 23.6. The number of aryl methyl sites for hydroxylation is 2. The van der Waals surface area contributed by atoms with Gasteiger partial charge in [0.15, 0.2) is 0 Å². The van der Waals surface area contributed by atoms with E-state index >= 15 is 0 Å². The monoisotopic (exact) mass is 1860 g/mol. The minimum Gasteiger partial charge on any atom is -0.513 e. The largest absolute Gasteiger partial charge is 0.513 e. The van der Waals surface area contributed by atoms with Crippen LogP contribution in [0.2, 0.25) is 5.02 Å². The number of nitrogens with zero attached hydrogens (tertiary/aromatic N) is 18. The highest BCUT2D eigenvalue weighted by Gasteiger charge is 2.47. The number of aromatic amines is 2. The second kappa shape index (κ2) is 51.4. The average Bonchev–Trinajstić information content (AvgIpc) is 1.72. The number of anilines is 1. The summed E-state index contributed by atoms with van der Waals surface area (Å²) in [5, 5.41) is 54.2. The number of carbonyl (C=O) groups is 6. The molecule has 0 saturated carbocycles. The molecule has 19 rings (SSSR count). The number of carboxylic acid groups (broad SMARTS) is 3. The number of hydrogen-bond donors (Lipinski definition) is 8. The molecule has 740 valence electrons. The fourth-order valence-electron chi connectivity index (χ4n) is 20.9. The molecule has 14 aliphatic heterocycles. The molecule has 0 unspecified atom stereocenters. The zero-order valence-electron chi connectivity index (χ0n) is 81.5. The quantitative estimate of drug-likeness (QED) is 0.0637. The molecular formula is C98H165ClN22O11. The number of likely N-dealkylation sites (tertiary alicyclic amines) is 11. The number of imidazole rings is 1. The molecule has 2 spiro atoms. The third-order valence-electron chi connectivity index (χ3n) is 30.2. The van der Waals surface area contributed by atoms with Gasteiger partial charge in [-0.25, -0.2) is 4.79 Å². The topological polar surface area (TPSA) is 361 Å². The summed E-state index contributed by atoms with van der Waals surface area (Å²) in [7, 11) is 23.1. The number of H-pyrrole nitrogens is 2. The number of carboxylic acids is 3. The van der Waals surface area contributed by atoms with Crippen molar-refractivity contribution in [1.82, 2.24) is 98.6 Å². The Balaban J connectivity index is 0.000000166. The first kappa shape index (κ1) is 108. The lowest BCUT2D eigenvalue weighted by Gasteiger charge is -2.36. The number of nitrogens with two attached hydrogens (primary N) is 1. The summed E-state index contributed by atoms with van der Waals surface area (Å²) < 4.78 is 4.17. The van der Waals surface area contributed by atoms with Crippen LogP contribution < -0.4 is 21.6 Å². The van der Waals surface area contributed by atoms with Crippen LogP contribution in [0.1, 0.15) is 196 Å². The predicted molar refractivity (Wildman–Crippen MR) is 524 cm³/mol. The Labute approximate surface area is 791 Å². The summed E-state index contributed by atoms with van der Waals surface area (Å²) in [5.74, 6) is 2.07. The van der Waals surface area contributed by atoms with E-state index in [9.17, 15) is 33.6 Å². The van der Waals surface area contributed by atoms with Crippen molar-refractivity contribution in [2.45, 2.75) is 224 Å². The average molecular weight is 1860 g/mol. The first-order valence-electron chi connectivity index (χ1n) is 48.6. The number of likely N-dealkylation sites (N-methyl/N-ethyl adjacent to an activating group) is 1. The smallest absolute Gasteiger partial charge is 0.326 e. The van der Waals surface area contributed by atoms with Crippen LogP contribution in [0.15, 0.2) is 65.8 Å². The van der Waals surface area contributed by atoms with Gasteiger partial charge in [-0.05, 0) is 373 Å². The number of fused-ring (bicyclic) bond motifs is 3. The van der Waals surface area contributed by atoms with E-state index in [0.29, 0.717) is 84.3 Å². The number of piperidine rings is 9. The standard InChI is InChI=1S/C14H18N2O.C13H16ClN3O.C11H20N2O2.C10H18N4.C10H18N2O.C9H16N2O.C8H15NO2.C8H15NO.C7H11N3.C7H14N2O2.CH4/c1-15-8-6-12(7-9-15)16-13-5-3-2-4-11(13)10-14(16)17;1-16-6-4-10(5-7-16)17-12-3-2-9(14)8-11(12)15-13(17)18;1-12-7-4-9(5-8-12)13-6-2-3-10(13)11(14)15;1-8-11-12-9(2)14(8)10-4-6-13(3)7-5-10;1-11-6-3-10(4-7-11)5-8-12(2)9(10)13;1-11-6-3-9(4-7-11)2-5-10-8(9)12;1-9-4-2-7(3-5-9)6-8(10)11;1-7(10)8-3-5-9(2)6-4-8;1-10-3-2-7-6(5-10)4-8-9-7;1-9-4-2-7(8,3-5-9)6(10)11;/h2-5,12H,6-10H2,1H3;2-3,8,10H,4-7H2,1H3,(H,15,18);9-10H,2-8H2,1H3,(H,14,15);10H,4-7H2,1-3H3;3-8H2,1-2H3;2-7H2,1H3,(H,10,12);7H,2-6H2,1H3,(H,10,11);8,10H,1,3-6H2,2H3;4H,2-3,5H2,1H3,(H,8,9);2-5,8H2,1H3,(H,10,11);1H4/t;;10-;;;;;;;;/m..0......../s1. The van der Waals surface area contributed by atoms with Gasteiger partial charge < -0.3 is 99.8 Å². The van der Waals surface area contributed by atoms with Crippen LogP contribution in [0.4, 0.5) is 5.69 Å². The van der Waals surface area contributed by atoms with Crippen LogP contribution in [-0.4, -0.2) is 395 Å². The van der Waals surface area contributed by atoms with E-state index in [4.69, 9.17) is 37.8 Å². The van der Waals surface area contributed by atoms with Crippen molar-refractivity contribution in [3.05, 3.63) is 105 Å². The fraction of sp³-hybridized carbons (Fsp3) is 0.735. The van der Waals surface area contributed by atoms with E-state index in [1.165, 1.54) is 42.8 Å². The lowest BCUT2D eigenvalue weighted by molar-refractivity contribution is -0.145. The number of amides is 3. The number of aromatic nitrogens is 7. The fourth-order valence-corrected chi connectivity index (χ4v) is 21.1. The summed E-state index contributed by atoms with van der Waals surface area (Å²) in [6, 6.07) is 15.4. The van der Waals surface area contributed by atoms with Crippen molar-refractivity contribution >= 4 is 64.0 Å². The second-order valence-electron chi connectivity index (χ2n) is 40.3. The molecule has 9 N–H and O–H groups in total. The van der Waals surface area contributed by atoms with Gasteiger partial charge in [0.25, 0.3) is 0 Å². The van der Waals surface area contributed by atoms with Crippen LogP contribution in [-0.2, 0) is 48.2 Å². The third-order valence-corrected chi connectivity index (χ3v) is 30.5. The van der Waals surface area contributed by atoms with Gasteiger partial charge in [0.05, 0.1) is 40.2 Å². The molecule has 34 heteroatoms. The molecule has 0 aliphatic carbocycles. The molecule has 33 nitrogen and oxygen atoms in total. The van der Waals surface area contributed by atoms with Crippen molar-refractivity contribution < 1.29 is 49.2 Å². The maximum absolute atomic E-state index is 12.1. The van der Waals surface area contributed by atoms with Crippen molar-refractivity contribution in [3.63, 3.8) is 0 Å². The first-order chi connectivity index (χ1) is 62.4. The molecule has 0 bridgehead atoms. The Hall–Kier alpha value is -7.77. The van der Waals surface area contributed by atoms with Crippen LogP contribution in [0, 0.1) is 36.5 Å². The van der Waals surface area contributed by atoms with Gasteiger partial charge in [0, 0.05) is 111 Å². The zero-order valence-corrected chi connectivity index (χ0v) is 82.2. The Morgan fingerprint density at radius 3 is 1.48 bits per heavy atom. The van der Waals surface area contributed by atoms with Gasteiger partial charge in [-0.15, -0.1) is 10.2 Å². The Bertz CT molecular complexity index is 4450. The number of rotatable bonds is 9. The molecular weight excluding hydrogens is 1700 g/mol. The minimum absolute atomic E-state index is 0. The number of aliphatic carboxylic acids is 3. The highest BCUT2D eigenvalue weighted by molar-refractivity contribution is 6.31.